The highest BCUT2D eigenvalue weighted by molar-refractivity contribution is 7.11. The number of carboxylic acid groups (broad SMARTS) is 1. The number of rotatable bonds is 8. The number of halogens is 3. The van der Waals surface area contributed by atoms with Gasteiger partial charge in [0.2, 0.25) is 5.91 Å². The maximum absolute atomic E-state index is 15.4. The lowest BCUT2D eigenvalue weighted by molar-refractivity contribution is -0.142. The second-order valence-corrected chi connectivity index (χ2v) is 12.2. The van der Waals surface area contributed by atoms with Gasteiger partial charge in [0, 0.05) is 43.0 Å². The second kappa shape index (κ2) is 11.1. The standard InChI is InChI=1S/C29H30F3N5O5S/c1-3-42-28(41)22-20(34-24(25-33-7-8-43-25)35-23(22)15-5-4-6-19(30)14(15)2)11-37-13-29(31,32)18-10-36(12-21(18)37)26(38)16-9-17(16)27(39)40/h4-8,16-18,21,23H,3,9-13H2,1-2H3,(H,34,35)(H,39,40). The normalized spacial score (nSPS) is 27.9. The van der Waals surface area contributed by atoms with Gasteiger partial charge in [-0.3, -0.25) is 19.5 Å². The number of likely N-dealkylation sites (tertiary alicyclic amines) is 2. The van der Waals surface area contributed by atoms with E-state index in [1.807, 2.05) is 0 Å². The van der Waals surface area contributed by atoms with Gasteiger partial charge in [-0.05, 0) is 37.5 Å². The molecule has 5 atom stereocenters. The van der Waals surface area contributed by atoms with Crippen molar-refractivity contribution >= 4 is 35.0 Å². The number of esters is 1. The number of benzene rings is 1. The van der Waals surface area contributed by atoms with Crippen molar-refractivity contribution in [2.45, 2.75) is 38.3 Å². The molecule has 1 aromatic heterocycles. The second-order valence-electron chi connectivity index (χ2n) is 11.3. The Labute approximate surface area is 249 Å². The van der Waals surface area contributed by atoms with E-state index in [2.05, 4.69) is 10.3 Å². The van der Waals surface area contributed by atoms with Crippen molar-refractivity contribution in [1.29, 1.82) is 0 Å². The molecule has 1 amide bonds. The number of carbonyl (C=O) groups is 3. The largest absolute Gasteiger partial charge is 0.481 e. The number of thiazole rings is 1. The highest BCUT2D eigenvalue weighted by atomic mass is 32.1. The molecule has 2 N–H and O–H groups in total. The Morgan fingerprint density at radius 1 is 1.23 bits per heavy atom. The van der Waals surface area contributed by atoms with Crippen LogP contribution in [0.1, 0.15) is 35.5 Å². The van der Waals surface area contributed by atoms with Crippen molar-refractivity contribution in [3.8, 4) is 0 Å². The van der Waals surface area contributed by atoms with Gasteiger partial charge < -0.3 is 20.1 Å². The SMILES string of the molecule is CCOC(=O)C1=C(CN2CC(F)(F)C3CN(C(=O)C4CC4C(=O)O)CC32)NC(c2nccs2)=NC1c1cccc(F)c1C. The van der Waals surface area contributed by atoms with Gasteiger partial charge in [-0.1, -0.05) is 12.1 Å². The lowest BCUT2D eigenvalue weighted by Gasteiger charge is -2.31. The molecule has 14 heteroatoms. The maximum atomic E-state index is 15.4. The lowest BCUT2D eigenvalue weighted by atomic mass is 9.92. The first-order valence-corrected chi connectivity index (χ1v) is 14.9. The minimum absolute atomic E-state index is 0.0177. The first kappa shape index (κ1) is 29.3. The lowest BCUT2D eigenvalue weighted by Crippen LogP contribution is -2.44. The molecular formula is C29H30F3N5O5S. The Morgan fingerprint density at radius 2 is 2.02 bits per heavy atom. The number of nitrogens with zero attached hydrogens (tertiary/aromatic N) is 4. The molecule has 2 saturated heterocycles. The van der Waals surface area contributed by atoms with Crippen LogP contribution in [0.5, 0.6) is 0 Å². The zero-order valence-corrected chi connectivity index (χ0v) is 24.2. The van der Waals surface area contributed by atoms with Gasteiger partial charge in [-0.15, -0.1) is 11.3 Å². The first-order chi connectivity index (χ1) is 20.5. The number of hydrogen-bond acceptors (Lipinski definition) is 9. The summed E-state index contributed by atoms with van der Waals surface area (Å²) in [4.78, 5) is 49.7. The van der Waals surface area contributed by atoms with Crippen molar-refractivity contribution in [3.63, 3.8) is 0 Å². The molecule has 0 radical (unpaired) electrons. The molecule has 2 aromatic rings. The van der Waals surface area contributed by atoms with Gasteiger partial charge in [0.05, 0.1) is 36.5 Å². The number of carbonyl (C=O) groups excluding carboxylic acids is 2. The molecule has 6 rings (SSSR count). The Morgan fingerprint density at radius 3 is 2.70 bits per heavy atom. The van der Waals surface area contributed by atoms with Crippen molar-refractivity contribution in [2.75, 3.05) is 32.8 Å². The summed E-state index contributed by atoms with van der Waals surface area (Å²) >= 11 is 1.29. The fourth-order valence-corrected chi connectivity index (χ4v) is 6.96. The zero-order valence-electron chi connectivity index (χ0n) is 23.4. The minimum atomic E-state index is -3.13. The van der Waals surface area contributed by atoms with Crippen LogP contribution >= 0.6 is 11.3 Å². The van der Waals surface area contributed by atoms with Crippen molar-refractivity contribution < 1.29 is 37.4 Å². The predicted octanol–water partition coefficient (Wildman–Crippen LogP) is 3.00. The number of nitrogens with one attached hydrogen (secondary N) is 1. The van der Waals surface area contributed by atoms with Crippen molar-refractivity contribution in [1.82, 2.24) is 20.1 Å². The van der Waals surface area contributed by atoms with Gasteiger partial charge in [-0.2, -0.15) is 0 Å². The molecule has 43 heavy (non-hydrogen) atoms. The number of alkyl halides is 2. The van der Waals surface area contributed by atoms with Gasteiger partial charge in [-0.25, -0.2) is 22.9 Å². The van der Waals surface area contributed by atoms with E-state index < -0.39 is 66.0 Å². The van der Waals surface area contributed by atoms with E-state index in [4.69, 9.17) is 9.73 Å². The summed E-state index contributed by atoms with van der Waals surface area (Å²) in [7, 11) is 0. The number of amidine groups is 1. The molecule has 5 unspecified atom stereocenters. The van der Waals surface area contributed by atoms with Crippen LogP contribution in [-0.4, -0.2) is 88.3 Å². The summed E-state index contributed by atoms with van der Waals surface area (Å²) in [5.41, 5.74) is 1.07. The van der Waals surface area contributed by atoms with Crippen LogP contribution < -0.4 is 5.32 Å². The fourth-order valence-electron chi connectivity index (χ4n) is 6.37. The van der Waals surface area contributed by atoms with Crippen LogP contribution in [0.15, 0.2) is 46.0 Å². The molecule has 0 bridgehead atoms. The summed E-state index contributed by atoms with van der Waals surface area (Å²) in [6.45, 7) is 2.40. The Hall–Kier alpha value is -3.78. The first-order valence-electron chi connectivity index (χ1n) is 14.0. The van der Waals surface area contributed by atoms with Crippen molar-refractivity contribution in [3.05, 3.63) is 63.0 Å². The van der Waals surface area contributed by atoms with Crippen LogP contribution in [0.25, 0.3) is 0 Å². The zero-order chi connectivity index (χ0) is 30.6. The summed E-state index contributed by atoms with van der Waals surface area (Å²) in [6, 6.07) is 2.77. The van der Waals surface area contributed by atoms with Gasteiger partial charge >= 0.3 is 11.9 Å². The van der Waals surface area contributed by atoms with Crippen LogP contribution in [0, 0.1) is 30.5 Å². The number of ether oxygens (including phenoxy) is 1. The average Bonchev–Trinajstić information content (AvgIpc) is 3.27. The number of amides is 1. The van der Waals surface area contributed by atoms with E-state index in [-0.39, 0.29) is 49.5 Å². The molecule has 1 aliphatic carbocycles. The highest BCUT2D eigenvalue weighted by Gasteiger charge is 2.60. The molecule has 0 spiro atoms. The van der Waals surface area contributed by atoms with Crippen LogP contribution in [-0.2, 0) is 19.1 Å². The van der Waals surface area contributed by atoms with Gasteiger partial charge in [0.15, 0.2) is 10.8 Å². The summed E-state index contributed by atoms with van der Waals surface area (Å²) in [5.74, 6) is -8.10. The van der Waals surface area contributed by atoms with E-state index in [1.165, 1.54) is 28.4 Å². The van der Waals surface area contributed by atoms with E-state index in [9.17, 15) is 23.9 Å². The van der Waals surface area contributed by atoms with E-state index >= 15 is 8.78 Å². The number of carboxylic acids is 1. The summed E-state index contributed by atoms with van der Waals surface area (Å²) < 4.78 is 50.9. The molecule has 4 aliphatic rings. The summed E-state index contributed by atoms with van der Waals surface area (Å²) in [6.07, 6.45) is 1.79. The van der Waals surface area contributed by atoms with Crippen LogP contribution in [0.3, 0.4) is 0 Å². The molecule has 3 aliphatic heterocycles. The third-order valence-corrected chi connectivity index (χ3v) is 9.45. The number of hydrogen-bond donors (Lipinski definition) is 2. The molecule has 1 aromatic carbocycles. The van der Waals surface area contributed by atoms with Crippen LogP contribution in [0.2, 0.25) is 0 Å². The van der Waals surface area contributed by atoms with Gasteiger partial charge in [0.1, 0.15) is 11.9 Å². The molecule has 1 saturated carbocycles. The predicted molar refractivity (Wildman–Crippen MR) is 149 cm³/mol. The smallest absolute Gasteiger partial charge is 0.338 e. The molecule has 4 heterocycles. The summed E-state index contributed by atoms with van der Waals surface area (Å²) in [5, 5.41) is 14.6. The minimum Gasteiger partial charge on any atom is -0.481 e. The van der Waals surface area contributed by atoms with Gasteiger partial charge in [0.25, 0.3) is 5.92 Å². The molecular weight excluding hydrogens is 587 g/mol. The quantitative estimate of drug-likeness (QED) is 0.434. The molecule has 3 fully saturated rings. The number of aromatic nitrogens is 1. The topological polar surface area (TPSA) is 124 Å². The van der Waals surface area contributed by atoms with E-state index in [0.29, 0.717) is 16.4 Å². The van der Waals surface area contributed by atoms with E-state index in [1.54, 1.807) is 36.4 Å². The van der Waals surface area contributed by atoms with Crippen molar-refractivity contribution in [2.24, 2.45) is 22.7 Å². The third kappa shape index (κ3) is 5.30. The maximum Gasteiger partial charge on any atom is 0.338 e. The Bertz CT molecular complexity index is 1530. The van der Waals surface area contributed by atoms with Crippen LogP contribution in [0.4, 0.5) is 13.2 Å². The highest BCUT2D eigenvalue weighted by Crippen LogP contribution is 2.46. The molecule has 228 valence electrons. The number of aliphatic carboxylic acids is 1. The molecule has 10 nitrogen and oxygen atoms in total. The monoisotopic (exact) mass is 617 g/mol. The number of fused-ring (bicyclic) bond motifs is 1. The fraction of sp³-hybridized carbons (Fsp3) is 0.483. The Balaban J connectivity index is 1.36. The van der Waals surface area contributed by atoms with E-state index in [0.717, 1.165) is 0 Å². The average molecular weight is 618 g/mol. The Kier molecular flexibility index (Phi) is 7.53. The number of aliphatic imine (C=N–C) groups is 1. The third-order valence-electron chi connectivity index (χ3n) is 8.67.